The van der Waals surface area contributed by atoms with E-state index in [1.807, 2.05) is 0 Å². The van der Waals surface area contributed by atoms with Crippen LogP contribution < -0.4 is 0 Å². The van der Waals surface area contributed by atoms with Crippen molar-refractivity contribution in [3.63, 3.8) is 0 Å². The van der Waals surface area contributed by atoms with Crippen LogP contribution in [0.4, 0.5) is 0 Å². The Balaban J connectivity index is 2.14. The van der Waals surface area contributed by atoms with Crippen LogP contribution in [-0.4, -0.2) is 25.5 Å². The van der Waals surface area contributed by atoms with Gasteiger partial charge in [-0.05, 0) is 56.4 Å². The molecule has 0 radical (unpaired) electrons. The van der Waals surface area contributed by atoms with E-state index in [-0.39, 0.29) is 0 Å². The van der Waals surface area contributed by atoms with E-state index in [0.717, 1.165) is 5.92 Å². The van der Waals surface area contributed by atoms with Gasteiger partial charge < -0.3 is 4.90 Å². The second-order valence-electron chi connectivity index (χ2n) is 7.21. The lowest BCUT2D eigenvalue weighted by molar-refractivity contribution is 0.315. The van der Waals surface area contributed by atoms with Crippen LogP contribution in [0, 0.1) is 11.8 Å². The summed E-state index contributed by atoms with van der Waals surface area (Å²) in [5, 5.41) is 0. The van der Waals surface area contributed by atoms with Gasteiger partial charge in [-0.3, -0.25) is 0 Å². The standard InChI is InChI=1S/C22H31N/c1-18(15-16-23(3)4)17-19(2)22(20-11-7-5-8-12-20)21-13-9-6-10-14-21/h5-14,18-19,22H,15-17H2,1-4H3. The van der Waals surface area contributed by atoms with E-state index in [1.54, 1.807) is 0 Å². The van der Waals surface area contributed by atoms with E-state index in [0.29, 0.717) is 11.8 Å². The van der Waals surface area contributed by atoms with Gasteiger partial charge in [0.25, 0.3) is 0 Å². The Morgan fingerprint density at radius 1 is 0.783 bits per heavy atom. The van der Waals surface area contributed by atoms with E-state index >= 15 is 0 Å². The van der Waals surface area contributed by atoms with Crippen LogP contribution in [0.25, 0.3) is 0 Å². The maximum atomic E-state index is 2.41. The molecule has 0 amide bonds. The van der Waals surface area contributed by atoms with Gasteiger partial charge in [0, 0.05) is 5.92 Å². The topological polar surface area (TPSA) is 3.24 Å². The minimum atomic E-state index is 0.485. The third kappa shape index (κ3) is 5.51. The lowest BCUT2D eigenvalue weighted by Crippen LogP contribution is -2.19. The van der Waals surface area contributed by atoms with Gasteiger partial charge in [-0.25, -0.2) is 0 Å². The smallest absolute Gasteiger partial charge is 0.0115 e. The molecule has 23 heavy (non-hydrogen) atoms. The third-order valence-electron chi connectivity index (χ3n) is 4.73. The molecule has 0 saturated carbocycles. The van der Waals surface area contributed by atoms with Crippen LogP contribution in [0.3, 0.4) is 0 Å². The predicted molar refractivity (Wildman–Crippen MR) is 101 cm³/mol. The largest absolute Gasteiger partial charge is 0.309 e. The van der Waals surface area contributed by atoms with Crippen molar-refractivity contribution in [2.75, 3.05) is 20.6 Å². The van der Waals surface area contributed by atoms with Crippen LogP contribution in [-0.2, 0) is 0 Å². The van der Waals surface area contributed by atoms with Crippen molar-refractivity contribution in [3.8, 4) is 0 Å². The summed E-state index contributed by atoms with van der Waals surface area (Å²) in [6.07, 6.45) is 2.54. The van der Waals surface area contributed by atoms with Crippen molar-refractivity contribution >= 4 is 0 Å². The molecule has 0 aliphatic rings. The molecule has 0 spiro atoms. The van der Waals surface area contributed by atoms with Gasteiger partial charge >= 0.3 is 0 Å². The van der Waals surface area contributed by atoms with Crippen LogP contribution in [0.2, 0.25) is 0 Å². The van der Waals surface area contributed by atoms with Gasteiger partial charge in [-0.2, -0.15) is 0 Å². The zero-order valence-corrected chi connectivity index (χ0v) is 15.1. The Hall–Kier alpha value is -1.60. The zero-order valence-electron chi connectivity index (χ0n) is 15.1. The molecule has 0 heterocycles. The average molecular weight is 309 g/mol. The second-order valence-corrected chi connectivity index (χ2v) is 7.21. The SMILES string of the molecule is CC(CCN(C)C)CC(C)C(c1ccccc1)c1ccccc1. The maximum Gasteiger partial charge on any atom is 0.0115 e. The number of benzene rings is 2. The molecule has 0 fully saturated rings. The molecule has 0 N–H and O–H groups in total. The Morgan fingerprint density at radius 3 is 1.70 bits per heavy atom. The van der Waals surface area contributed by atoms with Crippen LogP contribution >= 0.6 is 0 Å². The van der Waals surface area contributed by atoms with E-state index in [2.05, 4.69) is 93.5 Å². The van der Waals surface area contributed by atoms with E-state index in [9.17, 15) is 0 Å². The molecule has 2 unspecified atom stereocenters. The van der Waals surface area contributed by atoms with Crippen molar-refractivity contribution < 1.29 is 0 Å². The van der Waals surface area contributed by atoms with Crippen LogP contribution in [0.15, 0.2) is 60.7 Å². The molecule has 0 aliphatic carbocycles. The highest BCUT2D eigenvalue weighted by Crippen LogP contribution is 2.35. The quantitative estimate of drug-likeness (QED) is 0.628. The molecule has 2 rings (SSSR count). The highest BCUT2D eigenvalue weighted by atomic mass is 15.0. The molecule has 1 heteroatoms. The summed E-state index contributed by atoms with van der Waals surface area (Å²) in [6.45, 7) is 5.99. The molecule has 124 valence electrons. The molecule has 2 aromatic carbocycles. The molecular weight excluding hydrogens is 278 g/mol. The summed E-state index contributed by atoms with van der Waals surface area (Å²) >= 11 is 0. The Labute approximate surface area is 142 Å². The van der Waals surface area contributed by atoms with Gasteiger partial charge in [0.05, 0.1) is 0 Å². The molecule has 0 aromatic heterocycles. The maximum absolute atomic E-state index is 2.41. The van der Waals surface area contributed by atoms with Crippen LogP contribution in [0.1, 0.15) is 43.7 Å². The van der Waals surface area contributed by atoms with E-state index in [1.165, 1.54) is 30.5 Å². The van der Waals surface area contributed by atoms with Gasteiger partial charge in [-0.15, -0.1) is 0 Å². The third-order valence-corrected chi connectivity index (χ3v) is 4.73. The molecule has 0 aliphatic heterocycles. The lowest BCUT2D eigenvalue weighted by Gasteiger charge is -2.28. The van der Waals surface area contributed by atoms with Gasteiger partial charge in [0.15, 0.2) is 0 Å². The molecule has 0 saturated heterocycles. The van der Waals surface area contributed by atoms with Gasteiger partial charge in [0.1, 0.15) is 0 Å². The van der Waals surface area contributed by atoms with Crippen molar-refractivity contribution in [3.05, 3.63) is 71.8 Å². The lowest BCUT2D eigenvalue weighted by atomic mass is 9.77. The monoisotopic (exact) mass is 309 g/mol. The van der Waals surface area contributed by atoms with Crippen LogP contribution in [0.5, 0.6) is 0 Å². The minimum Gasteiger partial charge on any atom is -0.309 e. The normalized spacial score (nSPS) is 14.2. The van der Waals surface area contributed by atoms with Crippen molar-refractivity contribution in [2.45, 2.75) is 32.6 Å². The fourth-order valence-electron chi connectivity index (χ4n) is 3.54. The predicted octanol–water partition coefficient (Wildman–Crippen LogP) is 5.43. The Morgan fingerprint density at radius 2 is 1.26 bits per heavy atom. The second kappa shape index (κ2) is 8.88. The highest BCUT2D eigenvalue weighted by molar-refractivity contribution is 5.33. The number of hydrogen-bond donors (Lipinski definition) is 0. The fraction of sp³-hybridized carbons (Fsp3) is 0.455. The van der Waals surface area contributed by atoms with Crippen molar-refractivity contribution in [1.29, 1.82) is 0 Å². The molecule has 2 aromatic rings. The fourth-order valence-corrected chi connectivity index (χ4v) is 3.54. The summed E-state index contributed by atoms with van der Waals surface area (Å²) in [7, 11) is 4.32. The zero-order chi connectivity index (χ0) is 16.7. The first-order chi connectivity index (χ1) is 11.1. The first-order valence-electron chi connectivity index (χ1n) is 8.82. The van der Waals surface area contributed by atoms with E-state index < -0.39 is 0 Å². The minimum absolute atomic E-state index is 0.485. The Bertz CT molecular complexity index is 507. The Kier molecular flexibility index (Phi) is 6.85. The van der Waals surface area contributed by atoms with E-state index in [4.69, 9.17) is 0 Å². The van der Waals surface area contributed by atoms with Gasteiger partial charge in [-0.1, -0.05) is 74.5 Å². The number of rotatable bonds is 8. The summed E-state index contributed by atoms with van der Waals surface area (Å²) in [6, 6.07) is 22.0. The molecule has 0 bridgehead atoms. The summed E-state index contributed by atoms with van der Waals surface area (Å²) in [4.78, 5) is 2.28. The summed E-state index contributed by atoms with van der Waals surface area (Å²) in [5.74, 6) is 1.87. The number of hydrogen-bond acceptors (Lipinski definition) is 1. The first kappa shape index (κ1) is 17.7. The molecule has 2 atom stereocenters. The van der Waals surface area contributed by atoms with Crippen molar-refractivity contribution in [2.24, 2.45) is 11.8 Å². The van der Waals surface area contributed by atoms with Crippen molar-refractivity contribution in [1.82, 2.24) is 4.90 Å². The highest BCUT2D eigenvalue weighted by Gasteiger charge is 2.22. The summed E-state index contributed by atoms with van der Waals surface area (Å²) in [5.41, 5.74) is 2.87. The number of nitrogens with zero attached hydrogens (tertiary/aromatic N) is 1. The average Bonchev–Trinajstić information content (AvgIpc) is 2.55. The summed E-state index contributed by atoms with van der Waals surface area (Å²) < 4.78 is 0. The van der Waals surface area contributed by atoms with Gasteiger partial charge in [0.2, 0.25) is 0 Å². The first-order valence-corrected chi connectivity index (χ1v) is 8.82. The molecular formula is C22H31N. The molecule has 1 nitrogen and oxygen atoms in total.